The predicted octanol–water partition coefficient (Wildman–Crippen LogP) is 3.46. The Morgan fingerprint density at radius 2 is 1.84 bits per heavy atom. The number of furan rings is 1. The third kappa shape index (κ3) is 4.30. The summed E-state index contributed by atoms with van der Waals surface area (Å²) in [7, 11) is -1.07. The molecule has 0 fully saturated rings. The first-order valence-electron chi connectivity index (χ1n) is 6.11. The van der Waals surface area contributed by atoms with Gasteiger partial charge in [0.2, 0.25) is 0 Å². The molecule has 0 aliphatic rings. The highest BCUT2D eigenvalue weighted by atomic mass is 79.9. The SMILES string of the molecule is CCNCc1ccc(CS(=O)c2ccc(Br)cc2)o1. The van der Waals surface area contributed by atoms with Crippen molar-refractivity contribution in [2.45, 2.75) is 24.1 Å². The van der Waals surface area contributed by atoms with Crippen molar-refractivity contribution in [2.24, 2.45) is 0 Å². The molecule has 0 amide bonds. The van der Waals surface area contributed by atoms with E-state index in [9.17, 15) is 4.21 Å². The molecule has 2 aromatic rings. The van der Waals surface area contributed by atoms with Crippen LogP contribution in [0.15, 0.2) is 50.2 Å². The van der Waals surface area contributed by atoms with Crippen molar-refractivity contribution in [3.8, 4) is 0 Å². The molecule has 0 saturated carbocycles. The smallest absolute Gasteiger partial charge is 0.118 e. The van der Waals surface area contributed by atoms with E-state index in [-0.39, 0.29) is 0 Å². The lowest BCUT2D eigenvalue weighted by Crippen LogP contribution is -2.10. The molecule has 3 nitrogen and oxygen atoms in total. The summed E-state index contributed by atoms with van der Waals surface area (Å²) in [5.74, 6) is 2.05. The summed E-state index contributed by atoms with van der Waals surface area (Å²) >= 11 is 3.36. The van der Waals surface area contributed by atoms with Crippen molar-refractivity contribution >= 4 is 26.7 Å². The molecule has 1 aromatic carbocycles. The molecule has 1 heterocycles. The van der Waals surface area contributed by atoms with Crippen molar-refractivity contribution < 1.29 is 8.63 Å². The standard InChI is InChI=1S/C14H16BrNO2S/c1-2-16-9-12-5-6-13(18-12)10-19(17)14-7-3-11(15)4-8-14/h3-8,16H,2,9-10H2,1H3. The Bertz CT molecular complexity index is 551. The molecule has 0 aliphatic heterocycles. The van der Waals surface area contributed by atoms with Crippen molar-refractivity contribution in [3.05, 3.63) is 52.4 Å². The lowest BCUT2D eigenvalue weighted by Gasteiger charge is -2.01. The second-order valence-electron chi connectivity index (χ2n) is 4.09. The van der Waals surface area contributed by atoms with Crippen LogP contribution in [0.25, 0.3) is 0 Å². The van der Waals surface area contributed by atoms with Crippen molar-refractivity contribution in [1.82, 2.24) is 5.32 Å². The van der Waals surface area contributed by atoms with Gasteiger partial charge >= 0.3 is 0 Å². The van der Waals surface area contributed by atoms with E-state index in [2.05, 4.69) is 21.2 Å². The predicted molar refractivity (Wildman–Crippen MR) is 80.3 cm³/mol. The van der Waals surface area contributed by atoms with Gasteiger partial charge in [0.1, 0.15) is 11.5 Å². The average Bonchev–Trinajstić information content (AvgIpc) is 2.84. The summed E-state index contributed by atoms with van der Waals surface area (Å²) in [5.41, 5.74) is 0. The first kappa shape index (κ1) is 14.5. The van der Waals surface area contributed by atoms with E-state index in [1.54, 1.807) is 0 Å². The fourth-order valence-corrected chi connectivity index (χ4v) is 2.93. The molecule has 19 heavy (non-hydrogen) atoms. The zero-order valence-corrected chi connectivity index (χ0v) is 13.1. The number of benzene rings is 1. The Kier molecular flexibility index (Phi) is 5.36. The quantitative estimate of drug-likeness (QED) is 0.874. The Morgan fingerprint density at radius 1 is 1.16 bits per heavy atom. The van der Waals surface area contributed by atoms with Crippen molar-refractivity contribution in [3.63, 3.8) is 0 Å². The zero-order chi connectivity index (χ0) is 13.7. The van der Waals surface area contributed by atoms with Crippen LogP contribution in [0.4, 0.5) is 0 Å². The third-order valence-corrected chi connectivity index (χ3v) is 4.49. The fourth-order valence-electron chi connectivity index (χ4n) is 1.64. The van der Waals surface area contributed by atoms with Crippen LogP contribution in [-0.2, 0) is 23.1 Å². The maximum Gasteiger partial charge on any atom is 0.118 e. The molecule has 0 aliphatic carbocycles. The maximum absolute atomic E-state index is 12.2. The van der Waals surface area contributed by atoms with Crippen LogP contribution in [0.3, 0.4) is 0 Å². The van der Waals surface area contributed by atoms with E-state index in [1.165, 1.54) is 0 Å². The van der Waals surface area contributed by atoms with Crippen LogP contribution < -0.4 is 5.32 Å². The second kappa shape index (κ2) is 7.03. The van der Waals surface area contributed by atoms with Gasteiger partial charge in [-0.15, -0.1) is 0 Å². The van der Waals surface area contributed by atoms with Crippen LogP contribution in [0.2, 0.25) is 0 Å². The highest BCUT2D eigenvalue weighted by Gasteiger charge is 2.08. The summed E-state index contributed by atoms with van der Waals surface area (Å²) in [6.45, 7) is 3.66. The lowest BCUT2D eigenvalue weighted by molar-refractivity contribution is 0.461. The first-order valence-corrected chi connectivity index (χ1v) is 8.22. The molecular formula is C14H16BrNO2S. The first-order chi connectivity index (χ1) is 9.19. The number of rotatable bonds is 6. The van der Waals surface area contributed by atoms with E-state index < -0.39 is 10.8 Å². The molecule has 102 valence electrons. The molecule has 0 radical (unpaired) electrons. The topological polar surface area (TPSA) is 42.2 Å². The minimum atomic E-state index is -1.07. The molecule has 1 N–H and O–H groups in total. The van der Waals surface area contributed by atoms with E-state index >= 15 is 0 Å². The molecule has 0 spiro atoms. The van der Waals surface area contributed by atoms with Gasteiger partial charge in [-0.05, 0) is 42.9 Å². The summed E-state index contributed by atoms with van der Waals surface area (Å²) in [4.78, 5) is 0.813. The summed E-state index contributed by atoms with van der Waals surface area (Å²) in [5, 5.41) is 3.19. The van der Waals surface area contributed by atoms with Crippen molar-refractivity contribution in [2.75, 3.05) is 6.54 Å². The molecule has 1 aromatic heterocycles. The molecule has 2 rings (SSSR count). The molecule has 0 saturated heterocycles. The minimum absolute atomic E-state index is 0.410. The molecule has 1 unspecified atom stereocenters. The summed E-state index contributed by atoms with van der Waals surface area (Å²) < 4.78 is 18.8. The summed E-state index contributed by atoms with van der Waals surface area (Å²) in [6.07, 6.45) is 0. The van der Waals surface area contributed by atoms with Gasteiger partial charge in [0.15, 0.2) is 0 Å². The Balaban J connectivity index is 1.98. The van der Waals surface area contributed by atoms with Crippen LogP contribution in [0.5, 0.6) is 0 Å². The van der Waals surface area contributed by atoms with Gasteiger partial charge in [0.05, 0.1) is 23.1 Å². The Morgan fingerprint density at radius 3 is 2.53 bits per heavy atom. The lowest BCUT2D eigenvalue weighted by atomic mass is 10.4. The summed E-state index contributed by atoms with van der Waals surface area (Å²) in [6, 6.07) is 11.3. The van der Waals surface area contributed by atoms with Gasteiger partial charge < -0.3 is 9.73 Å². The van der Waals surface area contributed by atoms with Crippen LogP contribution in [0, 0.1) is 0 Å². The largest absolute Gasteiger partial charge is 0.464 e. The second-order valence-corrected chi connectivity index (χ2v) is 6.46. The van der Waals surface area contributed by atoms with E-state index in [0.29, 0.717) is 12.3 Å². The van der Waals surface area contributed by atoms with Gasteiger partial charge in [-0.2, -0.15) is 0 Å². The highest BCUT2D eigenvalue weighted by molar-refractivity contribution is 9.10. The monoisotopic (exact) mass is 341 g/mol. The number of halogens is 1. The van der Waals surface area contributed by atoms with E-state index in [1.807, 2.05) is 43.3 Å². The minimum Gasteiger partial charge on any atom is -0.464 e. The number of nitrogens with one attached hydrogen (secondary N) is 1. The zero-order valence-electron chi connectivity index (χ0n) is 10.7. The van der Waals surface area contributed by atoms with Gasteiger partial charge in [-0.1, -0.05) is 22.9 Å². The van der Waals surface area contributed by atoms with Crippen LogP contribution in [0.1, 0.15) is 18.4 Å². The molecule has 5 heteroatoms. The fraction of sp³-hybridized carbons (Fsp3) is 0.286. The van der Waals surface area contributed by atoms with Crippen molar-refractivity contribution in [1.29, 1.82) is 0 Å². The third-order valence-electron chi connectivity index (χ3n) is 2.62. The Hall–Kier alpha value is -0.910. The van der Waals surface area contributed by atoms with Gasteiger partial charge in [0.25, 0.3) is 0 Å². The number of hydrogen-bond acceptors (Lipinski definition) is 3. The van der Waals surface area contributed by atoms with Crippen LogP contribution in [-0.4, -0.2) is 10.8 Å². The highest BCUT2D eigenvalue weighted by Crippen LogP contribution is 2.17. The molecular weight excluding hydrogens is 326 g/mol. The van der Waals surface area contributed by atoms with Gasteiger partial charge in [-0.25, -0.2) is 0 Å². The molecule has 0 bridgehead atoms. The van der Waals surface area contributed by atoms with E-state index in [0.717, 1.165) is 27.4 Å². The number of hydrogen-bond donors (Lipinski definition) is 1. The van der Waals surface area contributed by atoms with Gasteiger partial charge in [0, 0.05) is 9.37 Å². The average molecular weight is 342 g/mol. The molecule has 1 atom stereocenters. The normalized spacial score (nSPS) is 12.5. The van der Waals surface area contributed by atoms with Crippen LogP contribution >= 0.6 is 15.9 Å². The van der Waals surface area contributed by atoms with Gasteiger partial charge in [-0.3, -0.25) is 4.21 Å². The van der Waals surface area contributed by atoms with E-state index in [4.69, 9.17) is 4.42 Å². The maximum atomic E-state index is 12.2. The Labute approximate surface area is 124 Å².